The summed E-state index contributed by atoms with van der Waals surface area (Å²) in [4.78, 5) is 28.6. The van der Waals surface area contributed by atoms with Gasteiger partial charge >= 0.3 is 5.97 Å². The third-order valence-electron chi connectivity index (χ3n) is 4.43. The van der Waals surface area contributed by atoms with Crippen LogP contribution in [0.5, 0.6) is 0 Å². The van der Waals surface area contributed by atoms with Crippen molar-refractivity contribution < 1.29 is 14.7 Å². The molecule has 0 saturated heterocycles. The van der Waals surface area contributed by atoms with Gasteiger partial charge in [-0.2, -0.15) is 0 Å². The van der Waals surface area contributed by atoms with E-state index in [-0.39, 0.29) is 11.5 Å². The molecule has 5 nitrogen and oxygen atoms in total. The van der Waals surface area contributed by atoms with E-state index < -0.39 is 11.6 Å². The Hall–Kier alpha value is -2.66. The van der Waals surface area contributed by atoms with Crippen LogP contribution in [0.25, 0.3) is 0 Å². The molecule has 6 heteroatoms. The van der Waals surface area contributed by atoms with Crippen molar-refractivity contribution in [3.8, 4) is 0 Å². The molecule has 202 valence electrons. The van der Waals surface area contributed by atoms with Gasteiger partial charge in [-0.25, -0.2) is 4.79 Å². The van der Waals surface area contributed by atoms with Crippen molar-refractivity contribution in [2.24, 2.45) is 10.4 Å². The zero-order valence-electron chi connectivity index (χ0n) is 23.8. The van der Waals surface area contributed by atoms with E-state index >= 15 is 0 Å². The summed E-state index contributed by atoms with van der Waals surface area (Å²) in [5.41, 5.74) is 0.888. The highest BCUT2D eigenvalue weighted by Crippen LogP contribution is 2.28. The molecule has 1 atom stereocenters. The molecule has 0 aliphatic carbocycles. The SMILES string of the molecule is C=CC1(CC)N=CC(=O)N1Cc1ccc(C(=O)O)cc1.CC.CC(C)(C)C.CC/C=C\C(Cl)=C/CC. The summed E-state index contributed by atoms with van der Waals surface area (Å²) in [6.45, 7) is 23.0. The molecule has 0 radical (unpaired) electrons. The van der Waals surface area contributed by atoms with Gasteiger partial charge in [0.25, 0.3) is 5.91 Å². The Bertz CT molecular complexity index is 874. The molecule has 0 aromatic heterocycles. The minimum absolute atomic E-state index is 0.158. The number of nitrogens with zero attached hydrogens (tertiary/aromatic N) is 2. The first-order valence-electron chi connectivity index (χ1n) is 12.7. The molecule has 0 bridgehead atoms. The van der Waals surface area contributed by atoms with Crippen molar-refractivity contribution in [3.63, 3.8) is 0 Å². The van der Waals surface area contributed by atoms with Crippen LogP contribution in [0.4, 0.5) is 0 Å². The summed E-state index contributed by atoms with van der Waals surface area (Å²) in [5, 5.41) is 9.71. The first-order valence-corrected chi connectivity index (χ1v) is 13.1. The minimum atomic E-state index is -0.967. The Kier molecular flexibility index (Phi) is 18.3. The Morgan fingerprint density at radius 1 is 1.11 bits per heavy atom. The van der Waals surface area contributed by atoms with E-state index in [1.807, 2.05) is 32.9 Å². The number of carbonyl (C=O) groups is 2. The van der Waals surface area contributed by atoms with Crippen LogP contribution in [-0.2, 0) is 11.3 Å². The first-order chi connectivity index (χ1) is 16.8. The van der Waals surface area contributed by atoms with Crippen LogP contribution in [-0.4, -0.2) is 33.8 Å². The van der Waals surface area contributed by atoms with Gasteiger partial charge in [-0.1, -0.05) is 105 Å². The molecule has 1 heterocycles. The summed E-state index contributed by atoms with van der Waals surface area (Å²) in [7, 11) is 0. The second-order valence-electron chi connectivity index (χ2n) is 9.43. The van der Waals surface area contributed by atoms with Gasteiger partial charge in [-0.15, -0.1) is 0 Å². The molecule has 2 rings (SSSR count). The Balaban J connectivity index is 0. The molecule has 36 heavy (non-hydrogen) atoms. The number of aromatic carboxylic acids is 1. The lowest BCUT2D eigenvalue weighted by molar-refractivity contribution is -0.126. The second-order valence-corrected chi connectivity index (χ2v) is 9.87. The van der Waals surface area contributed by atoms with Gasteiger partial charge in [-0.05, 0) is 54.5 Å². The fourth-order valence-corrected chi connectivity index (χ4v) is 2.97. The van der Waals surface area contributed by atoms with Crippen molar-refractivity contribution >= 4 is 29.7 Å². The molecule has 1 aromatic carbocycles. The van der Waals surface area contributed by atoms with E-state index in [1.54, 1.807) is 23.1 Å². The number of amides is 1. The number of carboxylic acid groups (broad SMARTS) is 1. The molecule has 1 aliphatic rings. The number of benzene rings is 1. The number of carbonyl (C=O) groups excluding carboxylic acids is 1. The molecule has 1 aromatic rings. The summed E-state index contributed by atoms with van der Waals surface area (Å²) < 4.78 is 0. The number of hydrogen-bond donors (Lipinski definition) is 1. The monoisotopic (exact) mass is 518 g/mol. The fourth-order valence-electron chi connectivity index (χ4n) is 2.73. The lowest BCUT2D eigenvalue weighted by Gasteiger charge is -2.33. The molecule has 0 saturated carbocycles. The topological polar surface area (TPSA) is 70.0 Å². The van der Waals surface area contributed by atoms with Crippen molar-refractivity contribution in [2.45, 2.75) is 93.8 Å². The van der Waals surface area contributed by atoms with E-state index in [4.69, 9.17) is 16.7 Å². The van der Waals surface area contributed by atoms with Crippen molar-refractivity contribution in [2.75, 3.05) is 0 Å². The lowest BCUT2D eigenvalue weighted by atomic mass is 10.0. The van der Waals surface area contributed by atoms with Gasteiger partial charge in [-0.3, -0.25) is 9.79 Å². The highest BCUT2D eigenvalue weighted by Gasteiger charge is 2.38. The molecule has 0 fully saturated rings. The predicted octanol–water partition coefficient (Wildman–Crippen LogP) is 8.65. The molecular formula is C30H47ClN2O3. The number of aliphatic imine (C=N–C) groups is 1. The van der Waals surface area contributed by atoms with Crippen LogP contribution in [0.2, 0.25) is 0 Å². The van der Waals surface area contributed by atoms with E-state index in [9.17, 15) is 9.59 Å². The Labute approximate surface area is 224 Å². The van der Waals surface area contributed by atoms with Crippen molar-refractivity contribution in [1.82, 2.24) is 4.90 Å². The zero-order chi connectivity index (χ0) is 28.4. The van der Waals surface area contributed by atoms with Gasteiger partial charge < -0.3 is 10.0 Å². The number of halogens is 1. The second kappa shape index (κ2) is 18.6. The van der Waals surface area contributed by atoms with Crippen molar-refractivity contribution in [3.05, 3.63) is 71.3 Å². The van der Waals surface area contributed by atoms with Gasteiger partial charge in [0.2, 0.25) is 0 Å². The van der Waals surface area contributed by atoms with Crippen LogP contribution in [0.3, 0.4) is 0 Å². The number of carboxylic acids is 1. The van der Waals surface area contributed by atoms with E-state index in [1.165, 1.54) is 18.3 Å². The zero-order valence-corrected chi connectivity index (χ0v) is 24.5. The maximum atomic E-state index is 11.9. The molecule has 1 amide bonds. The molecule has 1 unspecified atom stereocenters. The van der Waals surface area contributed by atoms with Gasteiger partial charge in [0.1, 0.15) is 0 Å². The fraction of sp³-hybridized carbons (Fsp3) is 0.500. The maximum absolute atomic E-state index is 11.9. The summed E-state index contributed by atoms with van der Waals surface area (Å²) in [6.07, 6.45) is 11.7. The summed E-state index contributed by atoms with van der Waals surface area (Å²) in [5.74, 6) is -1.12. The molecular weight excluding hydrogens is 472 g/mol. The molecule has 1 aliphatic heterocycles. The summed E-state index contributed by atoms with van der Waals surface area (Å²) >= 11 is 5.73. The average molecular weight is 519 g/mol. The smallest absolute Gasteiger partial charge is 0.335 e. The summed E-state index contributed by atoms with van der Waals surface area (Å²) in [6, 6.07) is 6.47. The highest BCUT2D eigenvalue weighted by molar-refractivity contribution is 6.31. The maximum Gasteiger partial charge on any atom is 0.335 e. The van der Waals surface area contributed by atoms with Crippen LogP contribution in [0, 0.1) is 5.41 Å². The van der Waals surface area contributed by atoms with E-state index in [0.717, 1.165) is 23.4 Å². The first kappa shape index (κ1) is 35.5. The van der Waals surface area contributed by atoms with Crippen molar-refractivity contribution in [1.29, 1.82) is 0 Å². The van der Waals surface area contributed by atoms with E-state index in [0.29, 0.717) is 18.4 Å². The van der Waals surface area contributed by atoms with Gasteiger partial charge in [0, 0.05) is 11.6 Å². The largest absolute Gasteiger partial charge is 0.478 e. The number of hydrogen-bond acceptors (Lipinski definition) is 3. The highest BCUT2D eigenvalue weighted by atomic mass is 35.5. The normalized spacial score (nSPS) is 16.9. The van der Waals surface area contributed by atoms with Crippen LogP contribution >= 0.6 is 11.6 Å². The van der Waals surface area contributed by atoms with Crippen LogP contribution < -0.4 is 0 Å². The van der Waals surface area contributed by atoms with Crippen LogP contribution in [0.1, 0.15) is 97.5 Å². The minimum Gasteiger partial charge on any atom is -0.478 e. The third kappa shape index (κ3) is 14.7. The standard InChI is InChI=1S/C15H16N2O3.C8H13Cl.C5H12.C2H6/c1-3-15(4-2)16-9-13(18)17(15)10-11-5-7-12(8-6-11)14(19)20;1-3-5-7-8(9)6-4-2;1-5(2,3)4;1-2/h3,5-9H,1,4,10H2,2H3,(H,19,20);5-7H,3-4H2,1-2H3;1-4H3;1-2H3/b;7-5-,8-6+;;. The average Bonchev–Trinajstić information content (AvgIpc) is 3.14. The number of rotatable bonds is 8. The third-order valence-corrected chi connectivity index (χ3v) is 4.71. The Morgan fingerprint density at radius 3 is 2.03 bits per heavy atom. The van der Waals surface area contributed by atoms with E-state index in [2.05, 4.69) is 59.2 Å². The van der Waals surface area contributed by atoms with Crippen LogP contribution in [0.15, 0.2) is 65.2 Å². The van der Waals surface area contributed by atoms with Gasteiger partial charge in [0.15, 0.2) is 5.66 Å². The Morgan fingerprint density at radius 2 is 1.64 bits per heavy atom. The predicted molar refractivity (Wildman–Crippen MR) is 156 cm³/mol. The quantitative estimate of drug-likeness (QED) is 0.276. The molecule has 0 spiro atoms. The molecule has 1 N–H and O–H groups in total. The van der Waals surface area contributed by atoms with Gasteiger partial charge in [0.05, 0.1) is 11.8 Å². The number of allylic oxidation sites excluding steroid dienone is 4. The lowest BCUT2D eigenvalue weighted by Crippen LogP contribution is -2.43.